The average Bonchev–Trinajstić information content (AvgIpc) is 3.74. The van der Waals surface area contributed by atoms with Crippen LogP contribution in [0.2, 0.25) is 0 Å². The van der Waals surface area contributed by atoms with E-state index in [0.717, 1.165) is 71.8 Å². The van der Waals surface area contributed by atoms with E-state index < -0.39 is 0 Å². The lowest BCUT2D eigenvalue weighted by Gasteiger charge is -2.10. The minimum atomic E-state index is 0.573. The van der Waals surface area contributed by atoms with E-state index in [1.165, 1.54) is 11.1 Å². The molecule has 3 heterocycles. The van der Waals surface area contributed by atoms with Crippen LogP contribution in [0.4, 0.5) is 0 Å². The third kappa shape index (κ3) is 4.54. The number of para-hydroxylation sites is 1. The van der Waals surface area contributed by atoms with Crippen molar-refractivity contribution in [1.82, 2.24) is 14.5 Å². The number of fused-ring (bicyclic) bond motifs is 7. The molecule has 3 aromatic heterocycles. The van der Waals surface area contributed by atoms with Gasteiger partial charge in [-0.25, -0.2) is 4.98 Å². The monoisotopic (exact) mass is 639 g/mol. The Morgan fingerprint density at radius 3 is 1.74 bits per heavy atom. The minimum absolute atomic E-state index is 0.573. The van der Waals surface area contributed by atoms with Crippen LogP contribution in [0.25, 0.3) is 94.5 Å². The van der Waals surface area contributed by atoms with Gasteiger partial charge in [0, 0.05) is 33.0 Å². The second-order valence-corrected chi connectivity index (χ2v) is 12.6. The van der Waals surface area contributed by atoms with Crippen LogP contribution in [-0.4, -0.2) is 14.5 Å². The molecule has 0 aliphatic rings. The standard InChI is InChI=1S/C46H29N3O/c1-4-14-30(15-5-1)33-20-12-22-35(28-33)45-47-44(32-18-8-3-9-19-32)43-42-40(50-46(43)48-45)27-26-39-41(42)37-24-10-11-25-38(37)49(39)36-23-13-21-34(29-36)31-16-6-2-7-17-31/h1-29H. The van der Waals surface area contributed by atoms with Gasteiger partial charge in [0.2, 0.25) is 5.71 Å². The first-order valence-corrected chi connectivity index (χ1v) is 16.8. The Hall–Kier alpha value is -6.78. The number of nitrogens with zero attached hydrogens (tertiary/aromatic N) is 3. The van der Waals surface area contributed by atoms with Crippen LogP contribution in [0, 0.1) is 0 Å². The fourth-order valence-electron chi connectivity index (χ4n) is 7.35. The smallest absolute Gasteiger partial charge is 0.231 e. The number of hydrogen-bond donors (Lipinski definition) is 0. The van der Waals surface area contributed by atoms with Gasteiger partial charge in [-0.1, -0.05) is 140 Å². The summed E-state index contributed by atoms with van der Waals surface area (Å²) in [6.07, 6.45) is 0. The number of benzene rings is 7. The molecule has 0 atom stereocenters. The van der Waals surface area contributed by atoms with Crippen molar-refractivity contribution >= 4 is 43.9 Å². The Morgan fingerprint density at radius 2 is 1.00 bits per heavy atom. The Kier molecular flexibility index (Phi) is 6.46. The Bertz CT molecular complexity index is 2850. The molecule has 0 N–H and O–H groups in total. The Labute approximate surface area is 288 Å². The van der Waals surface area contributed by atoms with E-state index in [1.807, 2.05) is 12.1 Å². The first-order chi connectivity index (χ1) is 24.8. The lowest BCUT2D eigenvalue weighted by atomic mass is 10.0. The molecule has 0 saturated carbocycles. The summed E-state index contributed by atoms with van der Waals surface area (Å²) < 4.78 is 9.04. The number of rotatable bonds is 5. The number of furan rings is 1. The molecule has 10 rings (SSSR count). The summed E-state index contributed by atoms with van der Waals surface area (Å²) >= 11 is 0. The zero-order valence-corrected chi connectivity index (χ0v) is 27.0. The SMILES string of the molecule is c1ccc(-c2cccc(-c3nc(-c4ccccc4)c4c(n3)oc3ccc5c(c6ccccc6n5-c5cccc(-c6ccccc6)c5)c34)c2)cc1. The van der Waals surface area contributed by atoms with Crippen molar-refractivity contribution in [3.8, 4) is 50.6 Å². The molecule has 4 nitrogen and oxygen atoms in total. The van der Waals surface area contributed by atoms with E-state index in [4.69, 9.17) is 14.4 Å². The third-order valence-electron chi connectivity index (χ3n) is 9.62. The van der Waals surface area contributed by atoms with Crippen LogP contribution in [-0.2, 0) is 0 Å². The maximum Gasteiger partial charge on any atom is 0.231 e. The van der Waals surface area contributed by atoms with Crippen molar-refractivity contribution in [2.75, 3.05) is 0 Å². The van der Waals surface area contributed by atoms with Crippen molar-refractivity contribution in [1.29, 1.82) is 0 Å². The predicted octanol–water partition coefficient (Wildman–Crippen LogP) is 12.1. The van der Waals surface area contributed by atoms with Gasteiger partial charge >= 0.3 is 0 Å². The molecular weight excluding hydrogens is 611 g/mol. The van der Waals surface area contributed by atoms with E-state index in [1.54, 1.807) is 0 Å². The molecule has 50 heavy (non-hydrogen) atoms. The van der Waals surface area contributed by atoms with E-state index in [2.05, 4.69) is 168 Å². The first kappa shape index (κ1) is 28.3. The van der Waals surface area contributed by atoms with Crippen LogP contribution < -0.4 is 0 Å². The molecule has 234 valence electrons. The van der Waals surface area contributed by atoms with Gasteiger partial charge in [-0.05, 0) is 58.7 Å². The molecule has 0 unspecified atom stereocenters. The molecule has 10 aromatic rings. The van der Waals surface area contributed by atoms with Gasteiger partial charge in [-0.2, -0.15) is 4.98 Å². The number of aromatic nitrogens is 3. The number of hydrogen-bond acceptors (Lipinski definition) is 3. The molecule has 7 aromatic carbocycles. The van der Waals surface area contributed by atoms with Gasteiger partial charge < -0.3 is 8.98 Å². The van der Waals surface area contributed by atoms with Crippen molar-refractivity contribution in [3.05, 3.63) is 176 Å². The van der Waals surface area contributed by atoms with Gasteiger partial charge in [0.25, 0.3) is 0 Å². The summed E-state index contributed by atoms with van der Waals surface area (Å²) in [5.74, 6) is 0.629. The van der Waals surface area contributed by atoms with Crippen LogP contribution in [0.1, 0.15) is 0 Å². The molecule has 4 heteroatoms. The van der Waals surface area contributed by atoms with Crippen LogP contribution in [0.3, 0.4) is 0 Å². The van der Waals surface area contributed by atoms with Crippen LogP contribution in [0.15, 0.2) is 180 Å². The highest BCUT2D eigenvalue weighted by Crippen LogP contribution is 2.44. The molecule has 0 radical (unpaired) electrons. The van der Waals surface area contributed by atoms with Gasteiger partial charge in [-0.15, -0.1) is 0 Å². The summed E-state index contributed by atoms with van der Waals surface area (Å²) in [6.45, 7) is 0. The molecule has 0 aliphatic heterocycles. The lowest BCUT2D eigenvalue weighted by molar-refractivity contribution is 0.654. The predicted molar refractivity (Wildman–Crippen MR) is 205 cm³/mol. The van der Waals surface area contributed by atoms with Crippen LogP contribution in [0.5, 0.6) is 0 Å². The van der Waals surface area contributed by atoms with E-state index >= 15 is 0 Å². The fraction of sp³-hybridized carbons (Fsp3) is 0. The summed E-state index contributed by atoms with van der Waals surface area (Å²) in [5.41, 5.74) is 12.1. The maximum absolute atomic E-state index is 6.68. The average molecular weight is 640 g/mol. The van der Waals surface area contributed by atoms with E-state index in [9.17, 15) is 0 Å². The second-order valence-electron chi connectivity index (χ2n) is 12.6. The highest BCUT2D eigenvalue weighted by molar-refractivity contribution is 6.29. The van der Waals surface area contributed by atoms with Gasteiger partial charge in [-0.3, -0.25) is 0 Å². The zero-order valence-electron chi connectivity index (χ0n) is 27.0. The largest absolute Gasteiger partial charge is 0.438 e. The van der Waals surface area contributed by atoms with E-state index in [-0.39, 0.29) is 0 Å². The highest BCUT2D eigenvalue weighted by atomic mass is 16.3. The molecule has 0 fully saturated rings. The van der Waals surface area contributed by atoms with Crippen LogP contribution >= 0.6 is 0 Å². The first-order valence-electron chi connectivity index (χ1n) is 16.8. The molecule has 0 saturated heterocycles. The summed E-state index contributed by atoms with van der Waals surface area (Å²) in [4.78, 5) is 10.4. The van der Waals surface area contributed by atoms with Crippen molar-refractivity contribution in [2.24, 2.45) is 0 Å². The second kappa shape index (κ2) is 11.4. The maximum atomic E-state index is 6.68. The molecule has 0 bridgehead atoms. The van der Waals surface area contributed by atoms with Crippen molar-refractivity contribution in [2.45, 2.75) is 0 Å². The minimum Gasteiger partial charge on any atom is -0.438 e. The van der Waals surface area contributed by atoms with Crippen molar-refractivity contribution < 1.29 is 4.42 Å². The summed E-state index contributed by atoms with van der Waals surface area (Å²) in [6, 6.07) is 61.4. The van der Waals surface area contributed by atoms with Gasteiger partial charge in [0.05, 0.1) is 22.1 Å². The quantitative estimate of drug-likeness (QED) is 0.188. The summed E-state index contributed by atoms with van der Waals surface area (Å²) in [5, 5.41) is 4.22. The van der Waals surface area contributed by atoms with E-state index in [0.29, 0.717) is 11.5 Å². The fourth-order valence-corrected chi connectivity index (χ4v) is 7.35. The Balaban J connectivity index is 1.26. The molecule has 0 aliphatic carbocycles. The molecular formula is C46H29N3O. The topological polar surface area (TPSA) is 43.9 Å². The molecule has 0 amide bonds. The Morgan fingerprint density at radius 1 is 0.400 bits per heavy atom. The normalized spacial score (nSPS) is 11.6. The zero-order chi connectivity index (χ0) is 33.0. The lowest BCUT2D eigenvalue weighted by Crippen LogP contribution is -1.95. The third-order valence-corrected chi connectivity index (χ3v) is 9.62. The highest BCUT2D eigenvalue weighted by Gasteiger charge is 2.23. The van der Waals surface area contributed by atoms with Gasteiger partial charge in [0.1, 0.15) is 5.58 Å². The van der Waals surface area contributed by atoms with Gasteiger partial charge in [0.15, 0.2) is 5.82 Å². The molecule has 0 spiro atoms. The van der Waals surface area contributed by atoms with Crippen molar-refractivity contribution in [3.63, 3.8) is 0 Å². The summed E-state index contributed by atoms with van der Waals surface area (Å²) in [7, 11) is 0.